The Balaban J connectivity index is 2.01. The predicted molar refractivity (Wildman–Crippen MR) is 76.1 cm³/mol. The highest BCUT2D eigenvalue weighted by Crippen LogP contribution is 2.24. The monoisotopic (exact) mass is 263 g/mol. The van der Waals surface area contributed by atoms with Crippen LogP contribution in [0.5, 0.6) is 0 Å². The molecular formula is C15H25N3O. The van der Waals surface area contributed by atoms with Crippen molar-refractivity contribution in [2.75, 3.05) is 19.8 Å². The molecule has 4 heteroatoms. The average molecular weight is 263 g/mol. The van der Waals surface area contributed by atoms with E-state index in [1.165, 1.54) is 0 Å². The molecule has 0 atom stereocenters. The van der Waals surface area contributed by atoms with Gasteiger partial charge >= 0.3 is 0 Å². The highest BCUT2D eigenvalue weighted by molar-refractivity contribution is 5.12. The van der Waals surface area contributed by atoms with Gasteiger partial charge in [-0.15, -0.1) is 0 Å². The zero-order valence-electron chi connectivity index (χ0n) is 12.3. The molecule has 0 aromatic carbocycles. The van der Waals surface area contributed by atoms with E-state index in [0.29, 0.717) is 11.8 Å². The SMILES string of the molecule is Cc1cc(CNCC(C)C)nc(C2CCOCC2)n1. The van der Waals surface area contributed by atoms with Crippen LogP contribution in [-0.2, 0) is 11.3 Å². The molecule has 0 bridgehead atoms. The van der Waals surface area contributed by atoms with Crippen molar-refractivity contribution in [1.82, 2.24) is 15.3 Å². The van der Waals surface area contributed by atoms with E-state index in [1.807, 2.05) is 0 Å². The summed E-state index contributed by atoms with van der Waals surface area (Å²) in [5.74, 6) is 2.14. The number of rotatable bonds is 5. The second-order valence-corrected chi connectivity index (χ2v) is 5.77. The Kier molecular flexibility index (Phi) is 5.28. The van der Waals surface area contributed by atoms with Gasteiger partial charge in [0.05, 0.1) is 5.69 Å². The molecule has 0 amide bonds. The van der Waals surface area contributed by atoms with Crippen molar-refractivity contribution in [3.05, 3.63) is 23.3 Å². The summed E-state index contributed by atoms with van der Waals surface area (Å²) in [6, 6.07) is 2.08. The fourth-order valence-corrected chi connectivity index (χ4v) is 2.38. The van der Waals surface area contributed by atoms with E-state index in [0.717, 1.165) is 56.4 Å². The highest BCUT2D eigenvalue weighted by atomic mass is 16.5. The molecule has 0 unspecified atom stereocenters. The lowest BCUT2D eigenvalue weighted by Crippen LogP contribution is -2.21. The summed E-state index contributed by atoms with van der Waals surface area (Å²) in [5.41, 5.74) is 2.17. The minimum Gasteiger partial charge on any atom is -0.381 e. The van der Waals surface area contributed by atoms with Gasteiger partial charge in [0.2, 0.25) is 0 Å². The lowest BCUT2D eigenvalue weighted by atomic mass is 9.99. The molecule has 0 radical (unpaired) electrons. The summed E-state index contributed by atoms with van der Waals surface area (Å²) in [5, 5.41) is 3.44. The van der Waals surface area contributed by atoms with Crippen molar-refractivity contribution >= 4 is 0 Å². The Labute approximate surface area is 116 Å². The van der Waals surface area contributed by atoms with Crippen LogP contribution >= 0.6 is 0 Å². The molecule has 1 aliphatic rings. The minimum absolute atomic E-state index is 0.470. The summed E-state index contributed by atoms with van der Waals surface area (Å²) in [6.45, 7) is 10.0. The number of aryl methyl sites for hydroxylation is 1. The molecule has 1 N–H and O–H groups in total. The Bertz CT molecular complexity index is 400. The first kappa shape index (κ1) is 14.4. The van der Waals surface area contributed by atoms with Crippen molar-refractivity contribution < 1.29 is 4.74 Å². The van der Waals surface area contributed by atoms with Crippen LogP contribution in [-0.4, -0.2) is 29.7 Å². The summed E-state index contributed by atoms with van der Waals surface area (Å²) in [7, 11) is 0. The van der Waals surface area contributed by atoms with E-state index >= 15 is 0 Å². The maximum absolute atomic E-state index is 5.41. The number of nitrogens with zero attached hydrogens (tertiary/aromatic N) is 2. The molecule has 0 aliphatic carbocycles. The zero-order valence-corrected chi connectivity index (χ0v) is 12.3. The molecule has 4 nitrogen and oxygen atoms in total. The van der Waals surface area contributed by atoms with Gasteiger partial charge in [-0.25, -0.2) is 9.97 Å². The Morgan fingerprint density at radius 1 is 1.32 bits per heavy atom. The van der Waals surface area contributed by atoms with E-state index in [1.54, 1.807) is 0 Å². The van der Waals surface area contributed by atoms with Gasteiger partial charge in [-0.1, -0.05) is 13.8 Å². The third-order valence-corrected chi connectivity index (χ3v) is 3.37. The largest absolute Gasteiger partial charge is 0.381 e. The lowest BCUT2D eigenvalue weighted by Gasteiger charge is -2.21. The topological polar surface area (TPSA) is 47.0 Å². The third-order valence-electron chi connectivity index (χ3n) is 3.37. The first-order chi connectivity index (χ1) is 9.15. The second kappa shape index (κ2) is 6.96. The number of aromatic nitrogens is 2. The van der Waals surface area contributed by atoms with Gasteiger partial charge in [-0.05, 0) is 38.3 Å². The molecule has 1 saturated heterocycles. The van der Waals surface area contributed by atoms with Gasteiger partial charge in [0.25, 0.3) is 0 Å². The van der Waals surface area contributed by atoms with Crippen molar-refractivity contribution in [2.24, 2.45) is 5.92 Å². The number of hydrogen-bond donors (Lipinski definition) is 1. The molecule has 2 rings (SSSR count). The van der Waals surface area contributed by atoms with E-state index in [2.05, 4.69) is 37.1 Å². The maximum atomic E-state index is 5.41. The second-order valence-electron chi connectivity index (χ2n) is 5.77. The van der Waals surface area contributed by atoms with Gasteiger partial charge in [-0.2, -0.15) is 0 Å². The van der Waals surface area contributed by atoms with Crippen molar-refractivity contribution in [1.29, 1.82) is 0 Å². The first-order valence-corrected chi connectivity index (χ1v) is 7.28. The molecule has 2 heterocycles. The van der Waals surface area contributed by atoms with E-state index in [4.69, 9.17) is 9.72 Å². The van der Waals surface area contributed by atoms with Gasteiger partial charge in [0.15, 0.2) is 0 Å². The maximum Gasteiger partial charge on any atom is 0.132 e. The van der Waals surface area contributed by atoms with Crippen LogP contribution in [0, 0.1) is 12.8 Å². The summed E-state index contributed by atoms with van der Waals surface area (Å²) in [6.07, 6.45) is 2.09. The van der Waals surface area contributed by atoms with Gasteiger partial charge in [0.1, 0.15) is 5.82 Å². The highest BCUT2D eigenvalue weighted by Gasteiger charge is 2.19. The van der Waals surface area contributed by atoms with Crippen LogP contribution in [0.15, 0.2) is 6.07 Å². The van der Waals surface area contributed by atoms with Crippen LogP contribution in [0.4, 0.5) is 0 Å². The zero-order chi connectivity index (χ0) is 13.7. The summed E-state index contributed by atoms with van der Waals surface area (Å²) >= 11 is 0. The van der Waals surface area contributed by atoms with E-state index < -0.39 is 0 Å². The smallest absolute Gasteiger partial charge is 0.132 e. The van der Waals surface area contributed by atoms with Crippen LogP contribution < -0.4 is 5.32 Å². The average Bonchev–Trinajstić information content (AvgIpc) is 2.39. The van der Waals surface area contributed by atoms with Crippen LogP contribution in [0.3, 0.4) is 0 Å². The molecule has 0 saturated carbocycles. The molecule has 1 aromatic rings. The number of nitrogens with one attached hydrogen (secondary N) is 1. The normalized spacial score (nSPS) is 17.1. The predicted octanol–water partition coefficient (Wildman–Crippen LogP) is 2.42. The molecule has 0 spiro atoms. The molecule has 1 aromatic heterocycles. The molecule has 1 fully saturated rings. The Morgan fingerprint density at radius 2 is 2.05 bits per heavy atom. The van der Waals surface area contributed by atoms with E-state index in [-0.39, 0.29) is 0 Å². The Hall–Kier alpha value is -1.00. The minimum atomic E-state index is 0.470. The van der Waals surface area contributed by atoms with Gasteiger partial charge < -0.3 is 10.1 Å². The van der Waals surface area contributed by atoms with Crippen LogP contribution in [0.1, 0.15) is 49.8 Å². The summed E-state index contributed by atoms with van der Waals surface area (Å²) < 4.78 is 5.41. The number of hydrogen-bond acceptors (Lipinski definition) is 4. The lowest BCUT2D eigenvalue weighted by molar-refractivity contribution is 0.0835. The number of ether oxygens (including phenoxy) is 1. The van der Waals surface area contributed by atoms with Gasteiger partial charge in [0, 0.05) is 31.4 Å². The van der Waals surface area contributed by atoms with Crippen LogP contribution in [0.2, 0.25) is 0 Å². The fourth-order valence-electron chi connectivity index (χ4n) is 2.38. The first-order valence-electron chi connectivity index (χ1n) is 7.28. The molecular weight excluding hydrogens is 238 g/mol. The molecule has 106 valence electrons. The standard InChI is InChI=1S/C15H25N3O/c1-11(2)9-16-10-14-8-12(3)17-15(18-14)13-4-6-19-7-5-13/h8,11,13,16H,4-7,9-10H2,1-3H3. The van der Waals surface area contributed by atoms with Crippen molar-refractivity contribution in [3.8, 4) is 0 Å². The molecule has 19 heavy (non-hydrogen) atoms. The van der Waals surface area contributed by atoms with Crippen molar-refractivity contribution in [3.63, 3.8) is 0 Å². The third kappa shape index (κ3) is 4.55. The van der Waals surface area contributed by atoms with Crippen molar-refractivity contribution in [2.45, 2.75) is 46.1 Å². The summed E-state index contributed by atoms with van der Waals surface area (Å²) in [4.78, 5) is 9.33. The Morgan fingerprint density at radius 3 is 2.74 bits per heavy atom. The fraction of sp³-hybridized carbons (Fsp3) is 0.733. The molecule has 1 aliphatic heterocycles. The quantitative estimate of drug-likeness (QED) is 0.886. The van der Waals surface area contributed by atoms with E-state index in [9.17, 15) is 0 Å². The van der Waals surface area contributed by atoms with Crippen LogP contribution in [0.25, 0.3) is 0 Å². The van der Waals surface area contributed by atoms with Gasteiger partial charge in [-0.3, -0.25) is 0 Å².